The summed E-state index contributed by atoms with van der Waals surface area (Å²) in [7, 11) is 3.07. The highest BCUT2D eigenvalue weighted by Gasteiger charge is 2.36. The number of benzene rings is 1. The zero-order valence-corrected chi connectivity index (χ0v) is 19.6. The van der Waals surface area contributed by atoms with Crippen molar-refractivity contribution in [3.8, 4) is 11.5 Å². The average Bonchev–Trinajstić information content (AvgIpc) is 3.19. The minimum Gasteiger partial charge on any atom is -0.497 e. The number of alkyl halides is 4. The van der Waals surface area contributed by atoms with Gasteiger partial charge in [-0.3, -0.25) is 14.7 Å². The first-order chi connectivity index (χ1) is 16.7. The molecule has 2 atom stereocenters. The number of hydrogen-bond donors (Lipinski definition) is 0. The standard InChI is InChI=1S/C24H28F4N4O3/c1-29-12-16-9-15(25)13-32(16)23(33)14-31-7-5-17(6-8-31)35-21-11-22(24(26,27)28)30-20-4-3-18(34-2)10-19(20)21/h3-4,10-12,15-17H,5-9,13-14H2,1-2H3/t15-,16-/m0/s1. The molecule has 0 radical (unpaired) electrons. The molecule has 2 aliphatic rings. The SMILES string of the molecule is CN=C[C@@H]1C[C@H](F)CN1C(=O)CN1CCC(Oc2cc(C(F)(F)F)nc3ccc(OC)cc23)CC1. The maximum Gasteiger partial charge on any atom is 0.433 e. The maximum atomic E-state index is 13.8. The number of hydrogen-bond acceptors (Lipinski definition) is 6. The van der Waals surface area contributed by atoms with Gasteiger partial charge in [0.25, 0.3) is 0 Å². The third-order valence-electron chi connectivity index (χ3n) is 6.39. The molecule has 1 aromatic carbocycles. The first kappa shape index (κ1) is 25.2. The summed E-state index contributed by atoms with van der Waals surface area (Å²) in [6, 6.07) is 5.23. The molecule has 3 heterocycles. The molecular weight excluding hydrogens is 468 g/mol. The number of fused-ring (bicyclic) bond motifs is 1. The second-order valence-corrected chi connectivity index (χ2v) is 8.83. The van der Waals surface area contributed by atoms with E-state index in [1.165, 1.54) is 18.1 Å². The average molecular weight is 497 g/mol. The third kappa shape index (κ3) is 5.83. The third-order valence-corrected chi connectivity index (χ3v) is 6.39. The summed E-state index contributed by atoms with van der Waals surface area (Å²) in [6.45, 7) is 1.29. The van der Waals surface area contributed by atoms with Gasteiger partial charge in [-0.05, 0) is 31.0 Å². The van der Waals surface area contributed by atoms with Gasteiger partial charge in [0.05, 0.1) is 31.8 Å². The predicted octanol–water partition coefficient (Wildman–Crippen LogP) is 3.75. The van der Waals surface area contributed by atoms with Crippen LogP contribution in [0.1, 0.15) is 25.0 Å². The van der Waals surface area contributed by atoms with Crippen molar-refractivity contribution < 1.29 is 31.8 Å². The van der Waals surface area contributed by atoms with Gasteiger partial charge in [-0.1, -0.05) is 0 Å². The molecule has 1 amide bonds. The molecule has 190 valence electrons. The van der Waals surface area contributed by atoms with Crippen molar-refractivity contribution in [3.63, 3.8) is 0 Å². The summed E-state index contributed by atoms with van der Waals surface area (Å²) in [4.78, 5) is 23.9. The maximum absolute atomic E-state index is 13.8. The number of methoxy groups -OCH3 is 1. The fourth-order valence-electron chi connectivity index (χ4n) is 4.60. The van der Waals surface area contributed by atoms with Crippen molar-refractivity contribution in [1.82, 2.24) is 14.8 Å². The van der Waals surface area contributed by atoms with Crippen LogP contribution in [0.2, 0.25) is 0 Å². The van der Waals surface area contributed by atoms with Gasteiger partial charge in [0.2, 0.25) is 5.91 Å². The van der Waals surface area contributed by atoms with Crippen molar-refractivity contribution in [1.29, 1.82) is 0 Å². The van der Waals surface area contributed by atoms with E-state index in [1.807, 2.05) is 4.90 Å². The van der Waals surface area contributed by atoms with E-state index in [1.54, 1.807) is 25.4 Å². The van der Waals surface area contributed by atoms with Gasteiger partial charge in [0, 0.05) is 44.2 Å². The van der Waals surface area contributed by atoms with Crippen molar-refractivity contribution in [2.75, 3.05) is 40.3 Å². The van der Waals surface area contributed by atoms with Crippen molar-refractivity contribution in [2.45, 2.75) is 43.8 Å². The zero-order chi connectivity index (χ0) is 25.2. The molecule has 7 nitrogen and oxygen atoms in total. The highest BCUT2D eigenvalue weighted by molar-refractivity contribution is 5.87. The smallest absolute Gasteiger partial charge is 0.433 e. The number of carbonyl (C=O) groups is 1. The van der Waals surface area contributed by atoms with E-state index in [-0.39, 0.29) is 48.8 Å². The highest BCUT2D eigenvalue weighted by Crippen LogP contribution is 2.36. The summed E-state index contributed by atoms with van der Waals surface area (Å²) in [5, 5.41) is 0.438. The topological polar surface area (TPSA) is 67.3 Å². The Morgan fingerprint density at radius 1 is 1.26 bits per heavy atom. The number of carbonyl (C=O) groups excluding carboxylic acids is 1. The Kier molecular flexibility index (Phi) is 7.44. The minimum atomic E-state index is -4.61. The van der Waals surface area contributed by atoms with Crippen molar-refractivity contribution >= 4 is 23.0 Å². The predicted molar refractivity (Wildman–Crippen MR) is 123 cm³/mol. The molecule has 11 heteroatoms. The Hall–Kier alpha value is -2.95. The van der Waals surface area contributed by atoms with Gasteiger partial charge in [-0.2, -0.15) is 13.2 Å². The molecule has 0 saturated carbocycles. The van der Waals surface area contributed by atoms with Gasteiger partial charge >= 0.3 is 6.18 Å². The summed E-state index contributed by atoms with van der Waals surface area (Å²) in [5.41, 5.74) is -0.851. The van der Waals surface area contributed by atoms with Crippen LogP contribution in [0.15, 0.2) is 29.3 Å². The van der Waals surface area contributed by atoms with Gasteiger partial charge < -0.3 is 14.4 Å². The van der Waals surface area contributed by atoms with Crippen LogP contribution in [-0.2, 0) is 11.0 Å². The number of likely N-dealkylation sites (tertiary alicyclic amines) is 2. The van der Waals surface area contributed by atoms with Crippen LogP contribution in [0.4, 0.5) is 17.6 Å². The van der Waals surface area contributed by atoms with Gasteiger partial charge in [0.1, 0.15) is 29.5 Å². The van der Waals surface area contributed by atoms with Crippen LogP contribution in [0.25, 0.3) is 10.9 Å². The number of piperidine rings is 1. The fraction of sp³-hybridized carbons (Fsp3) is 0.542. The van der Waals surface area contributed by atoms with Gasteiger partial charge in [-0.15, -0.1) is 0 Å². The summed E-state index contributed by atoms with van der Waals surface area (Å²) < 4.78 is 65.3. The Morgan fingerprint density at radius 2 is 2.00 bits per heavy atom. The number of nitrogens with zero attached hydrogens (tertiary/aromatic N) is 4. The Bertz CT molecular complexity index is 1090. The Morgan fingerprint density at radius 3 is 2.66 bits per heavy atom. The van der Waals surface area contributed by atoms with E-state index in [2.05, 4.69) is 9.98 Å². The number of aromatic nitrogens is 1. The van der Waals surface area contributed by atoms with Crippen LogP contribution in [0.3, 0.4) is 0 Å². The molecule has 0 aliphatic carbocycles. The van der Waals surface area contributed by atoms with E-state index >= 15 is 0 Å². The van der Waals surface area contributed by atoms with Crippen LogP contribution in [-0.4, -0.2) is 85.6 Å². The molecule has 35 heavy (non-hydrogen) atoms. The lowest BCUT2D eigenvalue weighted by Crippen LogP contribution is -2.46. The van der Waals surface area contributed by atoms with E-state index < -0.39 is 18.0 Å². The molecule has 0 spiro atoms. The molecule has 4 rings (SSSR count). The number of halogens is 4. The second kappa shape index (κ2) is 10.3. The first-order valence-electron chi connectivity index (χ1n) is 11.5. The van der Waals surface area contributed by atoms with E-state index in [0.29, 0.717) is 37.1 Å². The van der Waals surface area contributed by atoms with Crippen LogP contribution >= 0.6 is 0 Å². The monoisotopic (exact) mass is 496 g/mol. The second-order valence-electron chi connectivity index (χ2n) is 8.83. The van der Waals surface area contributed by atoms with E-state index in [4.69, 9.17) is 9.47 Å². The van der Waals surface area contributed by atoms with Gasteiger partial charge in [0.15, 0.2) is 0 Å². The van der Waals surface area contributed by atoms with E-state index in [9.17, 15) is 22.4 Å². The molecule has 1 aromatic heterocycles. The zero-order valence-electron chi connectivity index (χ0n) is 19.6. The lowest BCUT2D eigenvalue weighted by molar-refractivity contribution is -0.141. The molecule has 0 unspecified atom stereocenters. The molecule has 2 fully saturated rings. The largest absolute Gasteiger partial charge is 0.497 e. The van der Waals surface area contributed by atoms with Crippen molar-refractivity contribution in [3.05, 3.63) is 30.0 Å². The molecule has 0 bridgehead atoms. The van der Waals surface area contributed by atoms with Crippen LogP contribution in [0, 0.1) is 0 Å². The Labute approximate surface area is 200 Å². The normalized spacial score (nSPS) is 22.3. The van der Waals surface area contributed by atoms with E-state index in [0.717, 1.165) is 6.07 Å². The first-order valence-corrected chi connectivity index (χ1v) is 11.5. The molecule has 2 aliphatic heterocycles. The van der Waals surface area contributed by atoms with Gasteiger partial charge in [-0.25, -0.2) is 9.37 Å². The summed E-state index contributed by atoms with van der Waals surface area (Å²) in [6.07, 6.45) is -3.06. The summed E-state index contributed by atoms with van der Waals surface area (Å²) in [5.74, 6) is 0.432. The van der Waals surface area contributed by atoms with Crippen LogP contribution in [0.5, 0.6) is 11.5 Å². The molecule has 0 N–H and O–H groups in total. The Balaban J connectivity index is 1.42. The number of aliphatic imine (C=N–C) groups is 1. The number of ether oxygens (including phenoxy) is 2. The fourth-order valence-corrected chi connectivity index (χ4v) is 4.60. The number of amides is 1. The highest BCUT2D eigenvalue weighted by atomic mass is 19.4. The van der Waals surface area contributed by atoms with Crippen LogP contribution < -0.4 is 9.47 Å². The summed E-state index contributed by atoms with van der Waals surface area (Å²) >= 11 is 0. The molecule has 2 saturated heterocycles. The molecular formula is C24H28F4N4O3. The molecule has 2 aromatic rings. The lowest BCUT2D eigenvalue weighted by Gasteiger charge is -2.33. The minimum absolute atomic E-state index is 0.0647. The van der Waals surface area contributed by atoms with Crippen molar-refractivity contribution in [2.24, 2.45) is 4.99 Å². The number of rotatable bonds is 6. The lowest BCUT2D eigenvalue weighted by atomic mass is 10.1. The quantitative estimate of drug-likeness (QED) is 0.450. The number of pyridine rings is 1.